The van der Waals surface area contributed by atoms with Crippen molar-refractivity contribution in [1.29, 1.82) is 0 Å². The monoisotopic (exact) mass is 374 g/mol. The van der Waals surface area contributed by atoms with Crippen LogP contribution in [0.1, 0.15) is 10.4 Å². The third kappa shape index (κ3) is 3.99. The Balaban J connectivity index is 2.02. The second kappa shape index (κ2) is 6.77. The lowest BCUT2D eigenvalue weighted by atomic mass is 10.3. The van der Waals surface area contributed by atoms with E-state index in [1.807, 2.05) is 0 Å². The summed E-state index contributed by atoms with van der Waals surface area (Å²) in [5, 5.41) is 19.0. The first-order chi connectivity index (χ1) is 9.56. The van der Waals surface area contributed by atoms with Crippen LogP contribution in [0.15, 0.2) is 27.3 Å². The normalized spacial score (nSPS) is 10.2. The van der Waals surface area contributed by atoms with E-state index in [1.165, 1.54) is 0 Å². The number of hydrogen-bond acceptors (Lipinski definition) is 7. The summed E-state index contributed by atoms with van der Waals surface area (Å²) >= 11 is 5.34. The minimum atomic E-state index is -0.935. The lowest BCUT2D eigenvalue weighted by Crippen LogP contribution is -2.12. The summed E-state index contributed by atoms with van der Waals surface area (Å²) in [7, 11) is 0. The molecule has 0 aliphatic rings. The van der Waals surface area contributed by atoms with Crippen LogP contribution in [0.25, 0.3) is 0 Å². The Bertz CT molecular complexity index is 649. The number of aromatic nitrogens is 3. The lowest BCUT2D eigenvalue weighted by molar-refractivity contribution is -0.133. The molecule has 2 rings (SSSR count). The number of halogens is 1. The Morgan fingerprint density at radius 2 is 2.25 bits per heavy atom. The van der Waals surface area contributed by atoms with Crippen LogP contribution < -0.4 is 5.32 Å². The molecule has 0 bridgehead atoms. The van der Waals surface area contributed by atoms with E-state index in [0.717, 1.165) is 23.1 Å². The van der Waals surface area contributed by atoms with Gasteiger partial charge in [-0.1, -0.05) is 23.1 Å². The van der Waals surface area contributed by atoms with Crippen LogP contribution in [0, 0.1) is 0 Å². The Morgan fingerprint density at radius 1 is 1.45 bits per heavy atom. The number of nitrogens with one attached hydrogen (secondary N) is 1. The van der Waals surface area contributed by atoms with E-state index in [4.69, 9.17) is 5.11 Å². The van der Waals surface area contributed by atoms with Gasteiger partial charge < -0.3 is 5.11 Å². The van der Waals surface area contributed by atoms with Crippen LogP contribution in [0.4, 0.5) is 5.13 Å². The molecular weight excluding hydrogens is 368 g/mol. The molecule has 0 fully saturated rings. The third-order valence-corrected chi connectivity index (χ3v) is 4.54. The van der Waals surface area contributed by atoms with Crippen molar-refractivity contribution in [2.45, 2.75) is 4.34 Å². The van der Waals surface area contributed by atoms with Crippen LogP contribution in [-0.2, 0) is 4.79 Å². The number of carboxylic acids is 1. The van der Waals surface area contributed by atoms with Gasteiger partial charge in [-0.2, -0.15) is 0 Å². The van der Waals surface area contributed by atoms with Crippen LogP contribution in [0.3, 0.4) is 0 Å². The van der Waals surface area contributed by atoms with Gasteiger partial charge in [-0.05, 0) is 28.1 Å². The number of nitrogens with zero attached hydrogens (tertiary/aromatic N) is 3. The molecule has 2 N–H and O–H groups in total. The van der Waals surface area contributed by atoms with Gasteiger partial charge in [0.05, 0.1) is 11.3 Å². The van der Waals surface area contributed by atoms with Crippen molar-refractivity contribution in [1.82, 2.24) is 15.2 Å². The topological polar surface area (TPSA) is 105 Å². The summed E-state index contributed by atoms with van der Waals surface area (Å²) in [6, 6.07) is 3.27. The van der Waals surface area contributed by atoms with E-state index >= 15 is 0 Å². The number of hydrogen-bond donors (Lipinski definition) is 2. The van der Waals surface area contributed by atoms with Crippen molar-refractivity contribution in [3.8, 4) is 0 Å². The van der Waals surface area contributed by atoms with Crippen LogP contribution >= 0.6 is 39.0 Å². The fourth-order valence-corrected chi connectivity index (χ4v) is 3.06. The molecule has 0 aliphatic heterocycles. The first kappa shape index (κ1) is 14.9. The number of carbonyl (C=O) groups is 2. The minimum Gasteiger partial charge on any atom is -0.481 e. The predicted octanol–water partition coefficient (Wildman–Crippen LogP) is 2.12. The summed E-state index contributed by atoms with van der Waals surface area (Å²) in [4.78, 5) is 26.4. The van der Waals surface area contributed by atoms with Crippen molar-refractivity contribution < 1.29 is 14.7 Å². The molecule has 0 aliphatic carbocycles. The van der Waals surface area contributed by atoms with Gasteiger partial charge in [-0.3, -0.25) is 14.9 Å². The highest BCUT2D eigenvalue weighted by molar-refractivity contribution is 9.10. The fraction of sp³-hybridized carbons (Fsp3) is 0.100. The van der Waals surface area contributed by atoms with Gasteiger partial charge in [0.2, 0.25) is 5.13 Å². The molecular formula is C10H7BrN4O3S2. The van der Waals surface area contributed by atoms with Gasteiger partial charge in [0, 0.05) is 6.20 Å². The first-order valence-corrected chi connectivity index (χ1v) is 7.75. The van der Waals surface area contributed by atoms with Crippen LogP contribution in [0.2, 0.25) is 0 Å². The minimum absolute atomic E-state index is 0.100. The van der Waals surface area contributed by atoms with Crippen LogP contribution in [0.5, 0.6) is 0 Å². The van der Waals surface area contributed by atoms with Crippen molar-refractivity contribution in [2.24, 2.45) is 0 Å². The number of anilines is 1. The Morgan fingerprint density at radius 3 is 2.95 bits per heavy atom. The van der Waals surface area contributed by atoms with Gasteiger partial charge in [0.25, 0.3) is 5.91 Å². The maximum absolute atomic E-state index is 12.0. The van der Waals surface area contributed by atoms with Gasteiger partial charge in [-0.15, -0.1) is 10.2 Å². The molecule has 0 spiro atoms. The summed E-state index contributed by atoms with van der Waals surface area (Å²) in [5.41, 5.74) is 0.377. The standard InChI is InChI=1S/C10H7BrN4O3S2/c11-7-5(2-1-3-12-7)8(18)13-9-14-15-10(20-9)19-4-6(16)17/h1-3H,4H2,(H,16,17)(H,13,14,18). The molecule has 104 valence electrons. The SMILES string of the molecule is O=C(O)CSc1nnc(NC(=O)c2cccnc2Br)s1. The quantitative estimate of drug-likeness (QED) is 0.469. The Kier molecular flexibility index (Phi) is 5.04. The zero-order chi connectivity index (χ0) is 14.5. The van der Waals surface area contributed by atoms with E-state index in [0.29, 0.717) is 19.6 Å². The van der Waals surface area contributed by atoms with Crippen LogP contribution in [-0.4, -0.2) is 37.9 Å². The van der Waals surface area contributed by atoms with E-state index in [1.54, 1.807) is 18.3 Å². The molecule has 2 aromatic rings. The fourth-order valence-electron chi connectivity index (χ4n) is 1.16. The van der Waals surface area contributed by atoms with Gasteiger partial charge >= 0.3 is 5.97 Å². The van der Waals surface area contributed by atoms with Crippen molar-refractivity contribution in [3.05, 3.63) is 28.5 Å². The highest BCUT2D eigenvalue weighted by Gasteiger charge is 2.13. The molecule has 0 unspecified atom stereocenters. The average Bonchev–Trinajstić information content (AvgIpc) is 2.84. The summed E-state index contributed by atoms with van der Waals surface area (Å²) in [5.74, 6) is -1.40. The summed E-state index contributed by atoms with van der Waals surface area (Å²) in [6.45, 7) is 0. The second-order valence-electron chi connectivity index (χ2n) is 3.35. The van der Waals surface area contributed by atoms with E-state index in [2.05, 4.69) is 36.4 Å². The zero-order valence-corrected chi connectivity index (χ0v) is 13.0. The highest BCUT2D eigenvalue weighted by atomic mass is 79.9. The third-order valence-electron chi connectivity index (χ3n) is 1.95. The molecule has 10 heteroatoms. The molecule has 0 atom stereocenters. The first-order valence-electron chi connectivity index (χ1n) is 5.16. The molecule has 0 saturated carbocycles. The molecule has 7 nitrogen and oxygen atoms in total. The second-order valence-corrected chi connectivity index (χ2v) is 6.30. The molecule has 20 heavy (non-hydrogen) atoms. The predicted molar refractivity (Wildman–Crippen MR) is 78.2 cm³/mol. The molecule has 1 amide bonds. The van der Waals surface area contributed by atoms with Gasteiger partial charge in [0.15, 0.2) is 4.34 Å². The number of aliphatic carboxylic acids is 1. The molecule has 0 radical (unpaired) electrons. The lowest BCUT2D eigenvalue weighted by Gasteiger charge is -2.01. The van der Waals surface area contributed by atoms with Crippen molar-refractivity contribution in [3.63, 3.8) is 0 Å². The number of carbonyl (C=O) groups excluding carboxylic acids is 1. The molecule has 2 aromatic heterocycles. The summed E-state index contributed by atoms with van der Waals surface area (Å²) in [6.07, 6.45) is 1.56. The Hall–Kier alpha value is -1.52. The molecule has 2 heterocycles. The van der Waals surface area contributed by atoms with Crippen molar-refractivity contribution >= 4 is 56.0 Å². The van der Waals surface area contributed by atoms with Gasteiger partial charge in [0.1, 0.15) is 4.60 Å². The molecule has 0 aromatic carbocycles. The average molecular weight is 375 g/mol. The number of carboxylic acid groups (broad SMARTS) is 1. The maximum atomic E-state index is 12.0. The van der Waals surface area contributed by atoms with E-state index in [9.17, 15) is 9.59 Å². The number of amides is 1. The summed E-state index contributed by atoms with van der Waals surface area (Å²) < 4.78 is 0.912. The van der Waals surface area contributed by atoms with E-state index in [-0.39, 0.29) is 11.7 Å². The smallest absolute Gasteiger partial charge is 0.313 e. The number of rotatable bonds is 5. The van der Waals surface area contributed by atoms with Crippen molar-refractivity contribution in [2.75, 3.05) is 11.1 Å². The molecule has 0 saturated heterocycles. The highest BCUT2D eigenvalue weighted by Crippen LogP contribution is 2.26. The Labute approximate surface area is 130 Å². The maximum Gasteiger partial charge on any atom is 0.313 e. The number of thioether (sulfide) groups is 1. The number of pyridine rings is 1. The zero-order valence-electron chi connectivity index (χ0n) is 9.74. The largest absolute Gasteiger partial charge is 0.481 e. The van der Waals surface area contributed by atoms with Gasteiger partial charge in [-0.25, -0.2) is 4.98 Å². The van der Waals surface area contributed by atoms with E-state index < -0.39 is 5.97 Å².